The van der Waals surface area contributed by atoms with Crippen LogP contribution in [0.2, 0.25) is 0 Å². The number of hydrogen-bond donors (Lipinski definition) is 1. The second kappa shape index (κ2) is 7.04. The summed E-state index contributed by atoms with van der Waals surface area (Å²) in [5.74, 6) is 0.299. The molecule has 1 saturated heterocycles. The first kappa shape index (κ1) is 17.7. The molecule has 1 aromatic heterocycles. The lowest BCUT2D eigenvalue weighted by Crippen LogP contribution is -2.28. The molecule has 0 unspecified atom stereocenters. The van der Waals surface area contributed by atoms with Gasteiger partial charge in [0, 0.05) is 25.7 Å². The van der Waals surface area contributed by atoms with Crippen molar-refractivity contribution in [3.8, 4) is 6.07 Å². The van der Waals surface area contributed by atoms with Gasteiger partial charge < -0.3 is 10.2 Å². The zero-order valence-electron chi connectivity index (χ0n) is 13.6. The van der Waals surface area contributed by atoms with Gasteiger partial charge in [-0.3, -0.25) is 4.79 Å². The molecule has 1 aliphatic heterocycles. The molecular weight excluding hydrogens is 345 g/mol. The molecule has 1 N–H and O–H groups in total. The standard InChI is InChI=1S/C18H15F3N4O/c19-18(20,21)15-4-2-1-3-13(15)10-25-11-14(7-17(25)26)24-16-6-5-12(8-22)9-23-16/h1-6,9,14H,7,10-11H2,(H,23,24)/t14-/m0/s1. The Balaban J connectivity index is 1.68. The monoisotopic (exact) mass is 360 g/mol. The second-order valence-corrected chi connectivity index (χ2v) is 6.02. The third-order valence-electron chi connectivity index (χ3n) is 4.14. The van der Waals surface area contributed by atoms with E-state index >= 15 is 0 Å². The van der Waals surface area contributed by atoms with Crippen LogP contribution in [0.4, 0.5) is 19.0 Å². The first-order valence-corrected chi connectivity index (χ1v) is 7.92. The van der Waals surface area contributed by atoms with E-state index < -0.39 is 11.7 Å². The third-order valence-corrected chi connectivity index (χ3v) is 4.14. The highest BCUT2D eigenvalue weighted by atomic mass is 19.4. The van der Waals surface area contributed by atoms with E-state index in [-0.39, 0.29) is 37.0 Å². The number of likely N-dealkylation sites (tertiary alicyclic amines) is 1. The molecule has 5 nitrogen and oxygen atoms in total. The minimum Gasteiger partial charge on any atom is -0.365 e. The number of anilines is 1. The fourth-order valence-electron chi connectivity index (χ4n) is 2.92. The van der Waals surface area contributed by atoms with Crippen molar-refractivity contribution in [1.82, 2.24) is 9.88 Å². The highest BCUT2D eigenvalue weighted by molar-refractivity contribution is 5.80. The molecule has 2 heterocycles. The van der Waals surface area contributed by atoms with Crippen molar-refractivity contribution in [3.05, 3.63) is 59.3 Å². The van der Waals surface area contributed by atoms with Crippen molar-refractivity contribution in [2.45, 2.75) is 25.2 Å². The summed E-state index contributed by atoms with van der Waals surface area (Å²) in [7, 11) is 0. The van der Waals surface area contributed by atoms with E-state index in [1.54, 1.807) is 12.1 Å². The van der Waals surface area contributed by atoms with Crippen LogP contribution in [-0.4, -0.2) is 28.4 Å². The van der Waals surface area contributed by atoms with Gasteiger partial charge in [-0.1, -0.05) is 18.2 Å². The molecule has 26 heavy (non-hydrogen) atoms. The van der Waals surface area contributed by atoms with Crippen molar-refractivity contribution in [2.75, 3.05) is 11.9 Å². The van der Waals surface area contributed by atoms with E-state index in [2.05, 4.69) is 10.3 Å². The van der Waals surface area contributed by atoms with Gasteiger partial charge in [-0.25, -0.2) is 4.98 Å². The summed E-state index contributed by atoms with van der Waals surface area (Å²) < 4.78 is 39.3. The summed E-state index contributed by atoms with van der Waals surface area (Å²) in [6, 6.07) is 10.2. The van der Waals surface area contributed by atoms with Crippen molar-refractivity contribution in [3.63, 3.8) is 0 Å². The average Bonchev–Trinajstić information content (AvgIpc) is 2.94. The van der Waals surface area contributed by atoms with Gasteiger partial charge in [-0.15, -0.1) is 0 Å². The molecule has 8 heteroatoms. The molecule has 0 bridgehead atoms. The van der Waals surface area contributed by atoms with E-state index in [9.17, 15) is 18.0 Å². The van der Waals surface area contributed by atoms with Crippen LogP contribution in [-0.2, 0) is 17.5 Å². The summed E-state index contributed by atoms with van der Waals surface area (Å²) in [6.45, 7) is 0.195. The van der Waals surface area contributed by atoms with Gasteiger partial charge in [0.1, 0.15) is 11.9 Å². The van der Waals surface area contributed by atoms with Crippen LogP contribution in [0.1, 0.15) is 23.1 Å². The van der Waals surface area contributed by atoms with Gasteiger partial charge in [0.05, 0.1) is 17.2 Å². The van der Waals surface area contributed by atoms with Crippen LogP contribution in [0, 0.1) is 11.3 Å². The summed E-state index contributed by atoms with van der Waals surface area (Å²) in [6.07, 6.45) is -2.87. The van der Waals surface area contributed by atoms with E-state index in [4.69, 9.17) is 5.26 Å². The predicted octanol–water partition coefficient (Wildman–Crippen LogP) is 3.19. The van der Waals surface area contributed by atoms with Gasteiger partial charge in [-0.05, 0) is 23.8 Å². The molecule has 3 rings (SSSR count). The Hall–Kier alpha value is -3.08. The lowest BCUT2D eigenvalue weighted by Gasteiger charge is -2.20. The Labute approximate surface area is 148 Å². The molecule has 1 aromatic carbocycles. The predicted molar refractivity (Wildman–Crippen MR) is 87.8 cm³/mol. The second-order valence-electron chi connectivity index (χ2n) is 6.02. The van der Waals surface area contributed by atoms with Gasteiger partial charge in [0.25, 0.3) is 0 Å². The normalized spacial score (nSPS) is 17.2. The number of amides is 1. The van der Waals surface area contributed by atoms with Crippen LogP contribution < -0.4 is 5.32 Å². The van der Waals surface area contributed by atoms with Crippen LogP contribution >= 0.6 is 0 Å². The summed E-state index contributed by atoms with van der Waals surface area (Å²) >= 11 is 0. The Bertz CT molecular complexity index is 843. The Kier molecular flexibility index (Phi) is 4.80. The molecule has 1 fully saturated rings. The number of benzene rings is 1. The number of alkyl halides is 3. The summed E-state index contributed by atoms with van der Waals surface area (Å²) in [5, 5.41) is 11.8. The van der Waals surface area contributed by atoms with E-state index in [1.807, 2.05) is 6.07 Å². The minimum absolute atomic E-state index is 0.0745. The fourth-order valence-corrected chi connectivity index (χ4v) is 2.92. The van der Waals surface area contributed by atoms with Gasteiger partial charge >= 0.3 is 6.18 Å². The van der Waals surface area contributed by atoms with Gasteiger partial charge in [0.2, 0.25) is 5.91 Å². The third kappa shape index (κ3) is 3.94. The molecule has 0 aliphatic carbocycles. The maximum Gasteiger partial charge on any atom is 0.416 e. The zero-order valence-corrected chi connectivity index (χ0v) is 13.6. The molecular formula is C18H15F3N4O. The Morgan fingerprint density at radius 3 is 2.69 bits per heavy atom. The maximum absolute atomic E-state index is 13.1. The van der Waals surface area contributed by atoms with E-state index in [1.165, 1.54) is 29.3 Å². The first-order valence-electron chi connectivity index (χ1n) is 7.92. The number of hydrogen-bond acceptors (Lipinski definition) is 4. The molecule has 1 amide bonds. The lowest BCUT2D eigenvalue weighted by atomic mass is 10.1. The molecule has 0 spiro atoms. The topological polar surface area (TPSA) is 69.0 Å². The number of nitrogens with zero attached hydrogens (tertiary/aromatic N) is 3. The number of rotatable bonds is 4. The number of pyridine rings is 1. The van der Waals surface area contributed by atoms with E-state index in [0.29, 0.717) is 11.4 Å². The number of nitriles is 1. The Morgan fingerprint density at radius 2 is 2.04 bits per heavy atom. The number of carbonyl (C=O) groups excluding carboxylic acids is 1. The van der Waals surface area contributed by atoms with Crippen LogP contribution in [0.15, 0.2) is 42.6 Å². The first-order chi connectivity index (χ1) is 12.4. The van der Waals surface area contributed by atoms with Gasteiger partial charge in [0.15, 0.2) is 0 Å². The molecule has 1 aliphatic rings. The number of aromatic nitrogens is 1. The average molecular weight is 360 g/mol. The molecule has 1 atom stereocenters. The lowest BCUT2D eigenvalue weighted by molar-refractivity contribution is -0.139. The highest BCUT2D eigenvalue weighted by Gasteiger charge is 2.35. The van der Waals surface area contributed by atoms with Crippen molar-refractivity contribution in [2.24, 2.45) is 0 Å². The SMILES string of the molecule is N#Cc1ccc(N[C@H]2CC(=O)N(Cc3ccccc3C(F)(F)F)C2)nc1. The molecule has 0 saturated carbocycles. The zero-order chi connectivity index (χ0) is 18.7. The van der Waals surface area contributed by atoms with Crippen LogP contribution in [0.5, 0.6) is 0 Å². The number of halogens is 3. The molecule has 0 radical (unpaired) electrons. The molecule has 134 valence electrons. The van der Waals surface area contributed by atoms with Crippen molar-refractivity contribution >= 4 is 11.7 Å². The van der Waals surface area contributed by atoms with Crippen LogP contribution in [0.3, 0.4) is 0 Å². The van der Waals surface area contributed by atoms with Crippen LogP contribution in [0.25, 0.3) is 0 Å². The fraction of sp³-hybridized carbons (Fsp3) is 0.278. The number of nitrogens with one attached hydrogen (secondary N) is 1. The smallest absolute Gasteiger partial charge is 0.365 e. The van der Waals surface area contributed by atoms with E-state index in [0.717, 1.165) is 6.07 Å². The highest BCUT2D eigenvalue weighted by Crippen LogP contribution is 2.33. The maximum atomic E-state index is 13.1. The summed E-state index contributed by atoms with van der Waals surface area (Å²) in [5.41, 5.74) is -0.230. The quantitative estimate of drug-likeness (QED) is 0.909. The molecule has 2 aromatic rings. The van der Waals surface area contributed by atoms with Gasteiger partial charge in [-0.2, -0.15) is 18.4 Å². The van der Waals surface area contributed by atoms with Crippen molar-refractivity contribution < 1.29 is 18.0 Å². The minimum atomic E-state index is -4.45. The summed E-state index contributed by atoms with van der Waals surface area (Å²) in [4.78, 5) is 17.7. The Morgan fingerprint density at radius 1 is 1.27 bits per heavy atom. The largest absolute Gasteiger partial charge is 0.416 e. The number of carbonyl (C=O) groups is 1. The van der Waals surface area contributed by atoms with Crippen molar-refractivity contribution in [1.29, 1.82) is 5.26 Å².